The fourth-order valence-electron chi connectivity index (χ4n) is 4.39. The van der Waals surface area contributed by atoms with Crippen LogP contribution in [-0.4, -0.2) is 32.0 Å². The lowest BCUT2D eigenvalue weighted by Gasteiger charge is -2.41. The molecule has 6 nitrogen and oxygen atoms in total. The van der Waals surface area contributed by atoms with Crippen molar-refractivity contribution in [3.8, 4) is 0 Å². The van der Waals surface area contributed by atoms with Crippen molar-refractivity contribution in [3.63, 3.8) is 0 Å². The highest BCUT2D eigenvalue weighted by Crippen LogP contribution is 2.68. The van der Waals surface area contributed by atoms with E-state index in [4.69, 9.17) is 4.18 Å². The van der Waals surface area contributed by atoms with Crippen LogP contribution in [0.5, 0.6) is 0 Å². The predicted molar refractivity (Wildman–Crippen MR) is 79.8 cm³/mol. The van der Waals surface area contributed by atoms with Crippen LogP contribution >= 0.6 is 0 Å². The molecule has 0 spiro atoms. The van der Waals surface area contributed by atoms with Crippen molar-refractivity contribution in [1.82, 2.24) is 5.32 Å². The zero-order chi connectivity index (χ0) is 19.0. The van der Waals surface area contributed by atoms with E-state index in [2.05, 4.69) is 0 Å². The van der Waals surface area contributed by atoms with Gasteiger partial charge in [0.1, 0.15) is 5.60 Å². The number of amides is 2. The highest BCUT2D eigenvalue weighted by Gasteiger charge is 2.85. The minimum Gasteiger partial charge on any atom is -0.295 e. The van der Waals surface area contributed by atoms with Crippen molar-refractivity contribution in [1.29, 1.82) is 0 Å². The van der Waals surface area contributed by atoms with Gasteiger partial charge >= 0.3 is 6.18 Å². The van der Waals surface area contributed by atoms with Crippen LogP contribution in [0.15, 0.2) is 47.4 Å². The lowest BCUT2D eigenvalue weighted by Crippen LogP contribution is -2.61. The molecule has 1 saturated heterocycles. The summed E-state index contributed by atoms with van der Waals surface area (Å²) in [6.07, 6.45) is -3.32. The van der Waals surface area contributed by atoms with Gasteiger partial charge in [0.25, 0.3) is 10.1 Å². The molecule has 1 saturated carbocycles. The molecule has 4 atom stereocenters. The van der Waals surface area contributed by atoms with Crippen molar-refractivity contribution in [2.24, 2.45) is 17.3 Å². The van der Waals surface area contributed by atoms with Crippen LogP contribution in [0.4, 0.5) is 13.2 Å². The SMILES string of the molecule is O=C1NC(=O)C2(C(F)(F)F)C1C1C=CC2(OS(=O)(=O)c2ccccc2)C1. The number of fused-ring (bicyclic) bond motifs is 5. The molecule has 1 N–H and O–H groups in total. The summed E-state index contributed by atoms with van der Waals surface area (Å²) in [6, 6.07) is 6.67. The molecule has 4 rings (SSSR count). The first-order valence-corrected chi connectivity index (χ1v) is 9.08. The van der Waals surface area contributed by atoms with Gasteiger partial charge in [-0.1, -0.05) is 30.4 Å². The van der Waals surface area contributed by atoms with E-state index in [-0.39, 0.29) is 4.90 Å². The molecule has 0 aromatic heterocycles. The Bertz CT molecular complexity index is 942. The van der Waals surface area contributed by atoms with Gasteiger partial charge in [-0.2, -0.15) is 21.6 Å². The van der Waals surface area contributed by atoms with Crippen LogP contribution < -0.4 is 5.32 Å². The number of carbonyl (C=O) groups excluding carboxylic acids is 2. The van der Waals surface area contributed by atoms with Gasteiger partial charge in [-0.3, -0.25) is 19.1 Å². The third-order valence-electron chi connectivity index (χ3n) is 5.33. The van der Waals surface area contributed by atoms with Crippen molar-refractivity contribution >= 4 is 21.9 Å². The molecule has 10 heteroatoms. The van der Waals surface area contributed by atoms with Gasteiger partial charge in [0.15, 0.2) is 5.41 Å². The third-order valence-corrected chi connectivity index (χ3v) is 6.69. The second-order valence-corrected chi connectivity index (χ2v) is 8.12. The molecule has 0 radical (unpaired) electrons. The van der Waals surface area contributed by atoms with Crippen LogP contribution in [-0.2, 0) is 23.9 Å². The topological polar surface area (TPSA) is 89.5 Å². The Labute approximate surface area is 146 Å². The summed E-state index contributed by atoms with van der Waals surface area (Å²) in [5.41, 5.74) is -5.76. The summed E-state index contributed by atoms with van der Waals surface area (Å²) in [5.74, 6) is -5.32. The molecule has 26 heavy (non-hydrogen) atoms. The van der Waals surface area contributed by atoms with Crippen molar-refractivity contribution in [2.45, 2.75) is 23.1 Å². The zero-order valence-electron chi connectivity index (χ0n) is 13.0. The molecular weight excluding hydrogens is 375 g/mol. The minimum absolute atomic E-state index is 0.336. The monoisotopic (exact) mass is 387 g/mol. The Morgan fingerprint density at radius 1 is 1.15 bits per heavy atom. The van der Waals surface area contributed by atoms with Gasteiger partial charge in [0.2, 0.25) is 11.8 Å². The molecule has 3 aliphatic rings. The third kappa shape index (κ3) is 1.88. The van der Waals surface area contributed by atoms with E-state index >= 15 is 0 Å². The van der Waals surface area contributed by atoms with Gasteiger partial charge in [-0.05, 0) is 24.5 Å². The van der Waals surface area contributed by atoms with E-state index < -0.39 is 57.4 Å². The molecule has 2 amide bonds. The fraction of sp³-hybridized carbons (Fsp3) is 0.375. The van der Waals surface area contributed by atoms with E-state index in [9.17, 15) is 31.2 Å². The van der Waals surface area contributed by atoms with Gasteiger partial charge in [0.05, 0.1) is 10.8 Å². The number of allylic oxidation sites excluding steroid dienone is 1. The predicted octanol–water partition coefficient (Wildman–Crippen LogP) is 1.54. The number of carbonyl (C=O) groups is 2. The number of nitrogens with one attached hydrogen (secondary N) is 1. The highest BCUT2D eigenvalue weighted by atomic mass is 32.2. The van der Waals surface area contributed by atoms with Crippen LogP contribution in [0.2, 0.25) is 0 Å². The van der Waals surface area contributed by atoms with Gasteiger partial charge in [0, 0.05) is 0 Å². The molecule has 2 aliphatic carbocycles. The average molecular weight is 387 g/mol. The number of halogens is 3. The summed E-state index contributed by atoms with van der Waals surface area (Å²) in [7, 11) is -4.61. The Kier molecular flexibility index (Phi) is 3.28. The summed E-state index contributed by atoms with van der Waals surface area (Å²) < 4.78 is 72.5. The lowest BCUT2D eigenvalue weighted by atomic mass is 9.67. The number of benzene rings is 1. The number of hydrogen-bond donors (Lipinski definition) is 1. The normalized spacial score (nSPS) is 35.7. The number of rotatable bonds is 3. The van der Waals surface area contributed by atoms with Gasteiger partial charge in [-0.15, -0.1) is 0 Å². The standard InChI is InChI=1S/C16H12F3NO5S/c17-16(18,19)15-11(12(21)20-13(15)22)9-6-7-14(15,8-9)25-26(23,24)10-4-2-1-3-5-10/h1-7,9,11H,8H2,(H,20,21,22). The molecule has 2 fully saturated rings. The van der Waals surface area contributed by atoms with Gasteiger partial charge < -0.3 is 0 Å². The summed E-state index contributed by atoms with van der Waals surface area (Å²) in [6.45, 7) is 0. The maximum absolute atomic E-state index is 14.1. The molecule has 1 aliphatic heterocycles. The largest absolute Gasteiger partial charge is 0.407 e. The molecule has 1 heterocycles. The molecule has 1 aromatic carbocycles. The second-order valence-electron chi connectivity index (χ2n) is 6.57. The summed E-state index contributed by atoms with van der Waals surface area (Å²) in [4.78, 5) is 24.0. The lowest BCUT2D eigenvalue weighted by molar-refractivity contribution is -0.255. The summed E-state index contributed by atoms with van der Waals surface area (Å²) in [5, 5.41) is 1.70. The Hall–Kier alpha value is -2.20. The van der Waals surface area contributed by atoms with Crippen LogP contribution in [0.3, 0.4) is 0 Å². The first-order chi connectivity index (χ1) is 12.1. The van der Waals surface area contributed by atoms with E-state index in [1.54, 1.807) is 5.32 Å². The van der Waals surface area contributed by atoms with Crippen LogP contribution in [0, 0.1) is 17.3 Å². The maximum atomic E-state index is 14.1. The van der Waals surface area contributed by atoms with E-state index in [0.717, 1.165) is 6.08 Å². The Balaban J connectivity index is 1.89. The van der Waals surface area contributed by atoms with E-state index in [1.807, 2.05) is 0 Å². The van der Waals surface area contributed by atoms with E-state index in [0.29, 0.717) is 0 Å². The molecule has 1 aromatic rings. The van der Waals surface area contributed by atoms with Gasteiger partial charge in [-0.25, -0.2) is 0 Å². The second kappa shape index (κ2) is 4.95. The number of alkyl halides is 3. The van der Waals surface area contributed by atoms with Crippen LogP contribution in [0.25, 0.3) is 0 Å². The van der Waals surface area contributed by atoms with Crippen molar-refractivity contribution in [3.05, 3.63) is 42.5 Å². The van der Waals surface area contributed by atoms with Crippen LogP contribution in [0.1, 0.15) is 6.42 Å². The maximum Gasteiger partial charge on any atom is 0.407 e. The van der Waals surface area contributed by atoms with E-state index in [1.165, 1.54) is 36.4 Å². The quantitative estimate of drug-likeness (QED) is 0.483. The number of hydrogen-bond acceptors (Lipinski definition) is 5. The summed E-state index contributed by atoms with van der Waals surface area (Å²) >= 11 is 0. The molecule has 4 unspecified atom stereocenters. The minimum atomic E-state index is -5.18. The molecule has 138 valence electrons. The first kappa shape index (κ1) is 17.2. The first-order valence-electron chi connectivity index (χ1n) is 7.67. The average Bonchev–Trinajstić information content (AvgIpc) is 3.16. The number of imide groups is 1. The fourth-order valence-corrected chi connectivity index (χ4v) is 5.62. The molecule has 2 bridgehead atoms. The van der Waals surface area contributed by atoms with Crippen molar-refractivity contribution in [2.75, 3.05) is 0 Å². The Morgan fingerprint density at radius 2 is 1.81 bits per heavy atom. The molecular formula is C16H12F3NO5S. The zero-order valence-corrected chi connectivity index (χ0v) is 13.8. The van der Waals surface area contributed by atoms with Crippen molar-refractivity contribution < 1.29 is 35.4 Å². The smallest absolute Gasteiger partial charge is 0.295 e. The Morgan fingerprint density at radius 3 is 2.42 bits per heavy atom. The highest BCUT2D eigenvalue weighted by molar-refractivity contribution is 7.86.